The maximum Gasteiger partial charge on any atom is 0.164 e. The first kappa shape index (κ1) is 19.1. The first-order valence-electron chi connectivity index (χ1n) is 10.2. The second-order valence-corrected chi connectivity index (χ2v) is 8.96. The molecule has 0 atom stereocenters. The van der Waals surface area contributed by atoms with Crippen molar-refractivity contribution in [3.05, 3.63) is 102 Å². The quantitative estimate of drug-likeness (QED) is 0.275. The van der Waals surface area contributed by atoms with Crippen molar-refractivity contribution in [3.63, 3.8) is 0 Å². The van der Waals surface area contributed by atoms with Gasteiger partial charge in [-0.05, 0) is 18.2 Å². The zero-order chi connectivity index (χ0) is 21.5. The molecule has 4 aromatic carbocycles. The first-order valence-corrected chi connectivity index (χ1v) is 11.4. The number of hydrogen-bond donors (Lipinski definition) is 0. The van der Waals surface area contributed by atoms with Crippen LogP contribution in [0.5, 0.6) is 0 Å². The Bertz CT molecular complexity index is 1520. The van der Waals surface area contributed by atoms with Crippen LogP contribution in [0.4, 0.5) is 0 Å². The molecule has 0 N–H and O–H groups in total. The molecular weight excluding hydrogens is 434 g/mol. The van der Waals surface area contributed by atoms with Gasteiger partial charge in [0, 0.05) is 41.9 Å². The summed E-state index contributed by atoms with van der Waals surface area (Å²) < 4.78 is 2.34. The summed E-state index contributed by atoms with van der Waals surface area (Å²) in [5.41, 5.74) is 2.88. The van der Waals surface area contributed by atoms with Gasteiger partial charge in [-0.1, -0.05) is 90.5 Å². The monoisotopic (exact) mass is 449 g/mol. The fourth-order valence-electron chi connectivity index (χ4n) is 3.86. The second-order valence-electron chi connectivity index (χ2n) is 7.46. The van der Waals surface area contributed by atoms with Gasteiger partial charge >= 0.3 is 0 Å². The lowest BCUT2D eigenvalue weighted by Gasteiger charge is -2.08. The number of thiophene rings is 1. The minimum atomic E-state index is 0.656. The van der Waals surface area contributed by atoms with E-state index in [1.807, 2.05) is 72.8 Å². The van der Waals surface area contributed by atoms with E-state index in [0.29, 0.717) is 17.5 Å². The van der Waals surface area contributed by atoms with E-state index in [4.69, 9.17) is 26.6 Å². The molecule has 6 rings (SSSR count). The number of benzene rings is 4. The van der Waals surface area contributed by atoms with E-state index in [-0.39, 0.29) is 0 Å². The maximum absolute atomic E-state index is 6.49. The van der Waals surface area contributed by atoms with E-state index >= 15 is 0 Å². The maximum atomic E-state index is 6.49. The average molecular weight is 450 g/mol. The molecule has 0 amide bonds. The highest BCUT2D eigenvalue weighted by Gasteiger charge is 2.14. The molecule has 0 saturated carbocycles. The van der Waals surface area contributed by atoms with Crippen LogP contribution in [0.3, 0.4) is 0 Å². The van der Waals surface area contributed by atoms with Crippen LogP contribution in [-0.4, -0.2) is 15.0 Å². The number of aromatic nitrogens is 3. The van der Waals surface area contributed by atoms with Crippen LogP contribution in [0.2, 0.25) is 5.02 Å². The minimum Gasteiger partial charge on any atom is -0.208 e. The number of nitrogens with zero attached hydrogens (tertiary/aromatic N) is 3. The lowest BCUT2D eigenvalue weighted by Crippen LogP contribution is -1.99. The molecule has 0 aliphatic heterocycles. The van der Waals surface area contributed by atoms with Crippen LogP contribution < -0.4 is 0 Å². The van der Waals surface area contributed by atoms with Gasteiger partial charge in [0.2, 0.25) is 0 Å². The Morgan fingerprint density at radius 1 is 0.531 bits per heavy atom. The van der Waals surface area contributed by atoms with Gasteiger partial charge in [-0.15, -0.1) is 11.3 Å². The molecule has 0 unspecified atom stereocenters. The van der Waals surface area contributed by atoms with Crippen LogP contribution in [0, 0.1) is 0 Å². The van der Waals surface area contributed by atoms with Crippen LogP contribution in [0.25, 0.3) is 54.3 Å². The van der Waals surface area contributed by atoms with Crippen molar-refractivity contribution in [1.82, 2.24) is 15.0 Å². The Kier molecular flexibility index (Phi) is 4.67. The van der Waals surface area contributed by atoms with Crippen molar-refractivity contribution in [2.75, 3.05) is 0 Å². The largest absolute Gasteiger partial charge is 0.208 e. The van der Waals surface area contributed by atoms with Gasteiger partial charge < -0.3 is 0 Å². The van der Waals surface area contributed by atoms with Crippen molar-refractivity contribution in [3.8, 4) is 34.2 Å². The Morgan fingerprint density at radius 2 is 1.12 bits per heavy atom. The van der Waals surface area contributed by atoms with Crippen LogP contribution in [0.15, 0.2) is 97.1 Å². The molecule has 0 radical (unpaired) electrons. The number of fused-ring (bicyclic) bond motifs is 3. The fraction of sp³-hybridized carbons (Fsp3) is 0. The summed E-state index contributed by atoms with van der Waals surface area (Å²) in [6.07, 6.45) is 0. The Labute approximate surface area is 194 Å². The second kappa shape index (κ2) is 7.83. The standard InChI is InChI=1S/C27H16ClN3S/c28-21-12-7-13-22-24(21)20-15-14-19(16-23(20)32-22)27-30-25(17-8-3-1-4-9-17)29-26(31-27)18-10-5-2-6-11-18/h1-16H. The van der Waals surface area contributed by atoms with Crippen LogP contribution in [-0.2, 0) is 0 Å². The van der Waals surface area contributed by atoms with Gasteiger partial charge in [-0.3, -0.25) is 0 Å². The third kappa shape index (κ3) is 3.34. The van der Waals surface area contributed by atoms with E-state index in [9.17, 15) is 0 Å². The summed E-state index contributed by atoms with van der Waals surface area (Å²) >= 11 is 8.22. The lowest BCUT2D eigenvalue weighted by molar-refractivity contribution is 1.07. The predicted octanol–water partition coefficient (Wildman–Crippen LogP) is 7.89. The lowest BCUT2D eigenvalue weighted by atomic mass is 10.1. The highest BCUT2D eigenvalue weighted by atomic mass is 35.5. The summed E-state index contributed by atoms with van der Waals surface area (Å²) in [4.78, 5) is 14.4. The van der Waals surface area contributed by atoms with Crippen molar-refractivity contribution in [2.45, 2.75) is 0 Å². The zero-order valence-electron chi connectivity index (χ0n) is 16.9. The van der Waals surface area contributed by atoms with Crippen molar-refractivity contribution in [1.29, 1.82) is 0 Å². The van der Waals surface area contributed by atoms with E-state index in [1.165, 1.54) is 4.70 Å². The van der Waals surface area contributed by atoms with E-state index < -0.39 is 0 Å². The number of rotatable bonds is 3. The van der Waals surface area contributed by atoms with E-state index in [0.717, 1.165) is 37.2 Å². The highest BCUT2D eigenvalue weighted by molar-refractivity contribution is 7.26. The Balaban J connectivity index is 1.56. The molecule has 32 heavy (non-hydrogen) atoms. The fourth-order valence-corrected chi connectivity index (χ4v) is 5.36. The predicted molar refractivity (Wildman–Crippen MR) is 134 cm³/mol. The molecule has 2 aromatic heterocycles. The smallest absolute Gasteiger partial charge is 0.164 e. The normalized spacial score (nSPS) is 11.3. The Hall–Kier alpha value is -3.60. The number of hydrogen-bond acceptors (Lipinski definition) is 4. The van der Waals surface area contributed by atoms with Crippen LogP contribution in [0.1, 0.15) is 0 Å². The van der Waals surface area contributed by atoms with Gasteiger partial charge in [0.1, 0.15) is 0 Å². The van der Waals surface area contributed by atoms with Gasteiger partial charge in [0.25, 0.3) is 0 Å². The zero-order valence-corrected chi connectivity index (χ0v) is 18.4. The summed E-state index contributed by atoms with van der Waals surface area (Å²) in [7, 11) is 0. The molecule has 0 spiro atoms. The van der Waals surface area contributed by atoms with Crippen molar-refractivity contribution >= 4 is 43.1 Å². The SMILES string of the molecule is Clc1cccc2sc3cc(-c4nc(-c5ccccc5)nc(-c5ccccc5)n4)ccc3c12. The molecule has 5 heteroatoms. The van der Waals surface area contributed by atoms with Crippen molar-refractivity contribution < 1.29 is 0 Å². The third-order valence-electron chi connectivity index (χ3n) is 5.40. The third-order valence-corrected chi connectivity index (χ3v) is 6.84. The Morgan fingerprint density at radius 3 is 1.75 bits per heavy atom. The highest BCUT2D eigenvalue weighted by Crippen LogP contribution is 2.39. The molecule has 0 aliphatic rings. The minimum absolute atomic E-state index is 0.656. The summed E-state index contributed by atoms with van der Waals surface area (Å²) in [5.74, 6) is 1.98. The van der Waals surface area contributed by atoms with E-state index in [2.05, 4.69) is 24.3 Å². The molecule has 6 aromatic rings. The van der Waals surface area contributed by atoms with Crippen molar-refractivity contribution in [2.24, 2.45) is 0 Å². The first-order chi connectivity index (χ1) is 15.8. The summed E-state index contributed by atoms with van der Waals surface area (Å²) in [6, 6.07) is 32.4. The van der Waals surface area contributed by atoms with Crippen LogP contribution >= 0.6 is 22.9 Å². The molecular formula is C27H16ClN3S. The average Bonchev–Trinajstić information content (AvgIpc) is 3.24. The number of halogens is 1. The van der Waals surface area contributed by atoms with Gasteiger partial charge in [0.15, 0.2) is 17.5 Å². The molecule has 0 fully saturated rings. The molecule has 2 heterocycles. The topological polar surface area (TPSA) is 38.7 Å². The molecule has 3 nitrogen and oxygen atoms in total. The van der Waals surface area contributed by atoms with E-state index in [1.54, 1.807) is 11.3 Å². The van der Waals surface area contributed by atoms with Gasteiger partial charge in [0.05, 0.1) is 0 Å². The molecule has 0 aliphatic carbocycles. The summed E-state index contributed by atoms with van der Waals surface area (Å²) in [5, 5.41) is 3.03. The summed E-state index contributed by atoms with van der Waals surface area (Å²) in [6.45, 7) is 0. The molecule has 152 valence electrons. The molecule has 0 bridgehead atoms. The molecule has 0 saturated heterocycles. The van der Waals surface area contributed by atoms with Gasteiger partial charge in [-0.25, -0.2) is 15.0 Å². The van der Waals surface area contributed by atoms with Gasteiger partial charge in [-0.2, -0.15) is 0 Å².